The van der Waals surface area contributed by atoms with Crippen molar-refractivity contribution >= 4 is 11.8 Å². The molecule has 3 heteroatoms. The van der Waals surface area contributed by atoms with Crippen LogP contribution >= 0.6 is 11.8 Å². The first-order valence-corrected chi connectivity index (χ1v) is 9.19. The first-order chi connectivity index (χ1) is 9.24. The minimum atomic E-state index is 0.457. The summed E-state index contributed by atoms with van der Waals surface area (Å²) in [6.45, 7) is 8.89. The van der Waals surface area contributed by atoms with Gasteiger partial charge in [-0.15, -0.1) is 0 Å². The van der Waals surface area contributed by atoms with Crippen LogP contribution in [0.25, 0.3) is 0 Å². The molecule has 0 aromatic rings. The van der Waals surface area contributed by atoms with Gasteiger partial charge in [-0.2, -0.15) is 11.8 Å². The van der Waals surface area contributed by atoms with Crippen LogP contribution in [-0.4, -0.2) is 35.8 Å². The summed E-state index contributed by atoms with van der Waals surface area (Å²) in [4.78, 5) is 0. The molecule has 19 heavy (non-hydrogen) atoms. The zero-order valence-corrected chi connectivity index (χ0v) is 13.7. The Morgan fingerprint density at radius 2 is 2.00 bits per heavy atom. The van der Waals surface area contributed by atoms with Gasteiger partial charge in [0.2, 0.25) is 0 Å². The van der Waals surface area contributed by atoms with E-state index in [1.807, 2.05) is 0 Å². The highest BCUT2D eigenvalue weighted by atomic mass is 32.2. The minimum Gasteiger partial charge on any atom is -0.377 e. The van der Waals surface area contributed by atoms with E-state index in [-0.39, 0.29) is 0 Å². The zero-order chi connectivity index (χ0) is 13.7. The van der Waals surface area contributed by atoms with Crippen LogP contribution in [0.5, 0.6) is 0 Å². The van der Waals surface area contributed by atoms with Crippen molar-refractivity contribution in [2.45, 2.75) is 81.9 Å². The van der Waals surface area contributed by atoms with Crippen LogP contribution in [-0.2, 0) is 4.74 Å². The topological polar surface area (TPSA) is 21.3 Å². The van der Waals surface area contributed by atoms with E-state index in [0.29, 0.717) is 6.10 Å². The average Bonchev–Trinajstić information content (AvgIpc) is 2.79. The van der Waals surface area contributed by atoms with Gasteiger partial charge in [-0.05, 0) is 45.1 Å². The molecule has 0 aromatic carbocycles. The van der Waals surface area contributed by atoms with Gasteiger partial charge in [0.25, 0.3) is 0 Å². The fourth-order valence-electron chi connectivity index (χ4n) is 3.64. The molecule has 2 nitrogen and oxygen atoms in total. The van der Waals surface area contributed by atoms with Crippen LogP contribution in [0.1, 0.15) is 59.3 Å². The molecule has 0 radical (unpaired) electrons. The number of hydrogen-bond donors (Lipinski definition) is 1. The molecule has 1 N–H and O–H groups in total. The molecule has 1 aliphatic carbocycles. The second-order valence-electron chi connectivity index (χ2n) is 6.21. The summed E-state index contributed by atoms with van der Waals surface area (Å²) in [5.41, 5.74) is 0. The third kappa shape index (κ3) is 4.37. The Balaban J connectivity index is 1.90. The Morgan fingerprint density at radius 1 is 1.16 bits per heavy atom. The van der Waals surface area contributed by atoms with Crippen molar-refractivity contribution < 1.29 is 4.74 Å². The van der Waals surface area contributed by atoms with Crippen molar-refractivity contribution in [3.8, 4) is 0 Å². The van der Waals surface area contributed by atoms with Crippen molar-refractivity contribution in [3.63, 3.8) is 0 Å². The van der Waals surface area contributed by atoms with Crippen LogP contribution in [0.15, 0.2) is 0 Å². The molecular formula is C16H31NOS. The molecule has 0 bridgehead atoms. The summed E-state index contributed by atoms with van der Waals surface area (Å²) < 4.78 is 5.74. The molecule has 5 unspecified atom stereocenters. The van der Waals surface area contributed by atoms with Gasteiger partial charge in [-0.3, -0.25) is 0 Å². The van der Waals surface area contributed by atoms with Crippen molar-refractivity contribution in [3.05, 3.63) is 0 Å². The molecule has 1 aliphatic heterocycles. The lowest BCUT2D eigenvalue weighted by molar-refractivity contribution is 0.127. The predicted molar refractivity (Wildman–Crippen MR) is 84.9 cm³/mol. The van der Waals surface area contributed by atoms with Crippen molar-refractivity contribution in [1.82, 2.24) is 5.32 Å². The molecule has 5 atom stereocenters. The maximum Gasteiger partial charge on any atom is 0.0666 e. The summed E-state index contributed by atoms with van der Waals surface area (Å²) in [5, 5.41) is 5.26. The van der Waals surface area contributed by atoms with Gasteiger partial charge >= 0.3 is 0 Å². The highest BCUT2D eigenvalue weighted by Gasteiger charge is 2.34. The molecule has 2 rings (SSSR count). The standard InChI is InChI=1S/C16H31NOS/c1-4-6-13-7-8-14(17-5-2)16(11-13)19-15-9-10-18-12(15)3/h12-17H,4-11H2,1-3H3. The van der Waals surface area contributed by atoms with Gasteiger partial charge in [-0.1, -0.05) is 26.7 Å². The highest BCUT2D eigenvalue weighted by Crippen LogP contribution is 2.39. The van der Waals surface area contributed by atoms with E-state index in [0.717, 1.165) is 35.6 Å². The number of ether oxygens (including phenoxy) is 1. The van der Waals surface area contributed by atoms with Gasteiger partial charge < -0.3 is 10.1 Å². The van der Waals surface area contributed by atoms with Crippen LogP contribution in [0.4, 0.5) is 0 Å². The fraction of sp³-hybridized carbons (Fsp3) is 1.00. The Hall–Kier alpha value is 0.270. The van der Waals surface area contributed by atoms with Crippen LogP contribution in [0.2, 0.25) is 0 Å². The Kier molecular flexibility index (Phi) is 6.51. The molecule has 112 valence electrons. The van der Waals surface area contributed by atoms with Gasteiger partial charge in [0.05, 0.1) is 6.10 Å². The van der Waals surface area contributed by atoms with E-state index in [1.54, 1.807) is 0 Å². The molecule has 2 aliphatic rings. The molecule has 1 saturated carbocycles. The first-order valence-electron chi connectivity index (χ1n) is 8.25. The van der Waals surface area contributed by atoms with Crippen LogP contribution in [0.3, 0.4) is 0 Å². The normalized spacial score (nSPS) is 39.6. The van der Waals surface area contributed by atoms with Crippen LogP contribution < -0.4 is 5.32 Å². The number of thioether (sulfide) groups is 1. The molecule has 0 spiro atoms. The first kappa shape index (κ1) is 15.7. The van der Waals surface area contributed by atoms with Crippen molar-refractivity contribution in [2.75, 3.05) is 13.2 Å². The molecular weight excluding hydrogens is 254 g/mol. The largest absolute Gasteiger partial charge is 0.377 e. The smallest absolute Gasteiger partial charge is 0.0666 e. The molecule has 2 fully saturated rings. The highest BCUT2D eigenvalue weighted by molar-refractivity contribution is 8.00. The van der Waals surface area contributed by atoms with E-state index >= 15 is 0 Å². The Labute approximate surface area is 123 Å². The van der Waals surface area contributed by atoms with Crippen molar-refractivity contribution in [1.29, 1.82) is 0 Å². The molecule has 0 aromatic heterocycles. The van der Waals surface area contributed by atoms with E-state index in [4.69, 9.17) is 4.74 Å². The van der Waals surface area contributed by atoms with Gasteiger partial charge in [0.1, 0.15) is 0 Å². The quantitative estimate of drug-likeness (QED) is 0.801. The summed E-state index contributed by atoms with van der Waals surface area (Å²) in [5.74, 6) is 0.968. The molecule has 1 saturated heterocycles. The lowest BCUT2D eigenvalue weighted by atomic mass is 9.83. The van der Waals surface area contributed by atoms with Gasteiger partial charge in [0, 0.05) is 23.1 Å². The summed E-state index contributed by atoms with van der Waals surface area (Å²) in [6, 6.07) is 0.732. The zero-order valence-electron chi connectivity index (χ0n) is 12.9. The summed E-state index contributed by atoms with van der Waals surface area (Å²) in [6.07, 6.45) is 8.69. The summed E-state index contributed by atoms with van der Waals surface area (Å²) in [7, 11) is 0. The minimum absolute atomic E-state index is 0.457. The van der Waals surface area contributed by atoms with E-state index in [2.05, 4.69) is 37.8 Å². The maximum atomic E-state index is 5.74. The Bertz CT molecular complexity index is 261. The molecule has 0 amide bonds. The van der Waals surface area contributed by atoms with E-state index < -0.39 is 0 Å². The number of nitrogens with one attached hydrogen (secondary N) is 1. The molecule has 1 heterocycles. The Morgan fingerprint density at radius 3 is 2.63 bits per heavy atom. The predicted octanol–water partition coefficient (Wildman–Crippen LogP) is 3.84. The van der Waals surface area contributed by atoms with Gasteiger partial charge in [0.15, 0.2) is 0 Å². The third-order valence-corrected chi connectivity index (χ3v) is 6.56. The van der Waals surface area contributed by atoms with E-state index in [1.165, 1.54) is 38.5 Å². The average molecular weight is 285 g/mol. The lowest BCUT2D eigenvalue weighted by Crippen LogP contribution is -2.43. The number of hydrogen-bond acceptors (Lipinski definition) is 3. The third-order valence-electron chi connectivity index (χ3n) is 4.72. The fourth-order valence-corrected chi connectivity index (χ4v) is 5.43. The summed E-state index contributed by atoms with van der Waals surface area (Å²) >= 11 is 2.23. The number of rotatable bonds is 6. The second kappa shape index (κ2) is 7.90. The van der Waals surface area contributed by atoms with E-state index in [9.17, 15) is 0 Å². The second-order valence-corrected chi connectivity index (χ2v) is 7.69. The monoisotopic (exact) mass is 285 g/mol. The lowest BCUT2D eigenvalue weighted by Gasteiger charge is -2.38. The van der Waals surface area contributed by atoms with Gasteiger partial charge in [-0.25, -0.2) is 0 Å². The maximum absolute atomic E-state index is 5.74. The van der Waals surface area contributed by atoms with Crippen LogP contribution in [0, 0.1) is 5.92 Å². The van der Waals surface area contributed by atoms with Crippen molar-refractivity contribution in [2.24, 2.45) is 5.92 Å². The SMILES string of the molecule is CCCC1CCC(NCC)C(SC2CCOC2C)C1.